The first-order valence-electron chi connectivity index (χ1n) is 5.98. The van der Waals surface area contributed by atoms with Crippen LogP contribution in [-0.2, 0) is 9.53 Å². The molecular weight excluding hydrogens is 206 g/mol. The Balaban J connectivity index is 2.35. The first kappa shape index (κ1) is 13.5. The lowest BCUT2D eigenvalue weighted by atomic mass is 9.92. The average molecular weight is 229 g/mol. The molecule has 0 aromatic carbocycles. The number of ether oxygens (including phenoxy) is 1. The molecule has 1 aliphatic heterocycles. The Morgan fingerprint density at radius 3 is 2.75 bits per heavy atom. The Labute approximate surface area is 97.4 Å². The first-order chi connectivity index (χ1) is 7.44. The Morgan fingerprint density at radius 1 is 1.50 bits per heavy atom. The highest BCUT2D eigenvalue weighted by atomic mass is 16.5. The minimum Gasteiger partial charge on any atom is -0.480 e. The maximum atomic E-state index is 10.9. The first-order valence-corrected chi connectivity index (χ1v) is 5.98. The Hall–Kier alpha value is -0.610. The third-order valence-corrected chi connectivity index (χ3v) is 3.43. The second-order valence-corrected chi connectivity index (χ2v) is 5.19. The van der Waals surface area contributed by atoms with E-state index in [0.29, 0.717) is 6.04 Å². The number of nitrogens with one attached hydrogen (secondary N) is 1. The van der Waals surface area contributed by atoms with E-state index >= 15 is 0 Å². The number of piperidine rings is 1. The quantitative estimate of drug-likeness (QED) is 0.754. The van der Waals surface area contributed by atoms with Crippen molar-refractivity contribution in [1.29, 1.82) is 0 Å². The lowest BCUT2D eigenvalue weighted by Crippen LogP contribution is -2.47. The highest BCUT2D eigenvalue weighted by molar-refractivity contribution is 5.73. The van der Waals surface area contributed by atoms with Gasteiger partial charge in [-0.05, 0) is 46.0 Å². The van der Waals surface area contributed by atoms with Gasteiger partial charge in [0.15, 0.2) is 0 Å². The number of methoxy groups -OCH3 is 1. The molecule has 1 heterocycles. The van der Waals surface area contributed by atoms with Gasteiger partial charge in [0.05, 0.1) is 5.60 Å². The molecule has 0 aromatic rings. The summed E-state index contributed by atoms with van der Waals surface area (Å²) in [7, 11) is 1.72. The Kier molecular flexibility index (Phi) is 4.74. The van der Waals surface area contributed by atoms with Crippen molar-refractivity contribution >= 4 is 5.97 Å². The summed E-state index contributed by atoms with van der Waals surface area (Å²) in [6.07, 6.45) is 4.75. The van der Waals surface area contributed by atoms with Gasteiger partial charge in [-0.15, -0.1) is 0 Å². The minimum atomic E-state index is -0.726. The van der Waals surface area contributed by atoms with E-state index in [0.717, 1.165) is 32.1 Å². The molecule has 1 saturated heterocycles. The summed E-state index contributed by atoms with van der Waals surface area (Å²) in [4.78, 5) is 10.9. The van der Waals surface area contributed by atoms with Crippen LogP contribution in [0.25, 0.3) is 0 Å². The highest BCUT2D eigenvalue weighted by Crippen LogP contribution is 2.21. The van der Waals surface area contributed by atoms with Gasteiger partial charge in [0.1, 0.15) is 6.04 Å². The summed E-state index contributed by atoms with van der Waals surface area (Å²) in [6, 6.07) is -0.0336. The lowest BCUT2D eigenvalue weighted by Gasteiger charge is -2.31. The summed E-state index contributed by atoms with van der Waals surface area (Å²) in [5.41, 5.74) is -0.113. The predicted molar refractivity (Wildman–Crippen MR) is 62.5 cm³/mol. The molecule has 0 amide bonds. The third-order valence-electron chi connectivity index (χ3n) is 3.43. The molecule has 0 bridgehead atoms. The molecule has 2 unspecified atom stereocenters. The van der Waals surface area contributed by atoms with Crippen LogP contribution in [0.3, 0.4) is 0 Å². The maximum Gasteiger partial charge on any atom is 0.320 e. The number of carboxylic acids is 1. The topological polar surface area (TPSA) is 58.6 Å². The standard InChI is InChI=1S/C12H23NO3/c1-12(2,16-3)8-7-9-5-4-6-10(13-9)11(14)15/h9-10,13H,4-8H2,1-3H3,(H,14,15). The predicted octanol–water partition coefficient (Wildman–Crippen LogP) is 1.79. The van der Waals surface area contributed by atoms with Gasteiger partial charge in [0.25, 0.3) is 0 Å². The van der Waals surface area contributed by atoms with Gasteiger partial charge in [0.2, 0.25) is 0 Å². The molecule has 0 aliphatic carbocycles. The van der Waals surface area contributed by atoms with E-state index in [1.54, 1.807) is 7.11 Å². The summed E-state index contributed by atoms with van der Waals surface area (Å²) in [5, 5.41) is 12.1. The second-order valence-electron chi connectivity index (χ2n) is 5.19. The van der Waals surface area contributed by atoms with Crippen LogP contribution in [0.2, 0.25) is 0 Å². The van der Waals surface area contributed by atoms with Crippen molar-refractivity contribution in [2.45, 2.75) is 63.6 Å². The lowest BCUT2D eigenvalue weighted by molar-refractivity contribution is -0.140. The van der Waals surface area contributed by atoms with Gasteiger partial charge < -0.3 is 15.2 Å². The summed E-state index contributed by atoms with van der Waals surface area (Å²) in [6.45, 7) is 4.12. The molecule has 0 aromatic heterocycles. The molecule has 4 heteroatoms. The molecule has 1 fully saturated rings. The van der Waals surface area contributed by atoms with Crippen LogP contribution < -0.4 is 5.32 Å². The molecule has 2 atom stereocenters. The van der Waals surface area contributed by atoms with Gasteiger partial charge in [-0.2, -0.15) is 0 Å². The van der Waals surface area contributed by atoms with E-state index in [4.69, 9.17) is 9.84 Å². The van der Waals surface area contributed by atoms with Crippen LogP contribution in [0.5, 0.6) is 0 Å². The van der Waals surface area contributed by atoms with Crippen LogP contribution in [-0.4, -0.2) is 35.9 Å². The molecule has 0 spiro atoms. The zero-order valence-corrected chi connectivity index (χ0v) is 10.5. The van der Waals surface area contributed by atoms with Gasteiger partial charge in [0, 0.05) is 13.2 Å². The fraction of sp³-hybridized carbons (Fsp3) is 0.917. The van der Waals surface area contributed by atoms with Crippen molar-refractivity contribution in [3.05, 3.63) is 0 Å². The zero-order valence-electron chi connectivity index (χ0n) is 10.5. The average Bonchev–Trinajstić information content (AvgIpc) is 2.27. The molecule has 4 nitrogen and oxygen atoms in total. The van der Waals surface area contributed by atoms with Gasteiger partial charge in [-0.3, -0.25) is 4.79 Å². The number of carboxylic acid groups (broad SMARTS) is 1. The van der Waals surface area contributed by atoms with Crippen molar-refractivity contribution in [2.24, 2.45) is 0 Å². The molecule has 0 radical (unpaired) electrons. The van der Waals surface area contributed by atoms with Gasteiger partial charge in [-0.25, -0.2) is 0 Å². The fourth-order valence-electron chi connectivity index (χ4n) is 2.07. The van der Waals surface area contributed by atoms with Crippen molar-refractivity contribution < 1.29 is 14.6 Å². The van der Waals surface area contributed by atoms with E-state index in [1.807, 2.05) is 0 Å². The van der Waals surface area contributed by atoms with E-state index < -0.39 is 5.97 Å². The number of aliphatic carboxylic acids is 1. The Morgan fingerprint density at radius 2 is 2.19 bits per heavy atom. The number of rotatable bonds is 5. The Bertz CT molecular complexity index is 240. The van der Waals surface area contributed by atoms with E-state index in [2.05, 4.69) is 19.2 Å². The normalized spacial score (nSPS) is 26.7. The summed E-state index contributed by atoms with van der Waals surface area (Å²) < 4.78 is 5.36. The van der Waals surface area contributed by atoms with E-state index in [-0.39, 0.29) is 11.6 Å². The van der Waals surface area contributed by atoms with Crippen molar-refractivity contribution in [2.75, 3.05) is 7.11 Å². The zero-order chi connectivity index (χ0) is 12.2. The van der Waals surface area contributed by atoms with Crippen LogP contribution in [0.4, 0.5) is 0 Å². The molecule has 94 valence electrons. The largest absolute Gasteiger partial charge is 0.480 e. The highest BCUT2D eigenvalue weighted by Gasteiger charge is 2.27. The van der Waals surface area contributed by atoms with Crippen LogP contribution in [0.1, 0.15) is 46.0 Å². The van der Waals surface area contributed by atoms with E-state index in [1.165, 1.54) is 0 Å². The van der Waals surface area contributed by atoms with Crippen LogP contribution >= 0.6 is 0 Å². The van der Waals surface area contributed by atoms with E-state index in [9.17, 15) is 4.79 Å². The number of hydrogen-bond acceptors (Lipinski definition) is 3. The monoisotopic (exact) mass is 229 g/mol. The van der Waals surface area contributed by atoms with Gasteiger partial charge >= 0.3 is 5.97 Å². The summed E-state index contributed by atoms with van der Waals surface area (Å²) >= 11 is 0. The molecule has 16 heavy (non-hydrogen) atoms. The minimum absolute atomic E-state index is 0.113. The van der Waals surface area contributed by atoms with Crippen molar-refractivity contribution in [3.8, 4) is 0 Å². The number of hydrogen-bond donors (Lipinski definition) is 2. The third kappa shape index (κ3) is 4.10. The molecule has 1 aliphatic rings. The fourth-order valence-corrected chi connectivity index (χ4v) is 2.07. The molecule has 2 N–H and O–H groups in total. The van der Waals surface area contributed by atoms with Crippen molar-refractivity contribution in [3.63, 3.8) is 0 Å². The molecule has 0 saturated carbocycles. The summed E-state index contributed by atoms with van der Waals surface area (Å²) in [5.74, 6) is -0.726. The van der Waals surface area contributed by atoms with Crippen molar-refractivity contribution in [1.82, 2.24) is 5.32 Å². The molecular formula is C12H23NO3. The van der Waals surface area contributed by atoms with Crippen LogP contribution in [0, 0.1) is 0 Å². The van der Waals surface area contributed by atoms with Crippen LogP contribution in [0.15, 0.2) is 0 Å². The van der Waals surface area contributed by atoms with Gasteiger partial charge in [-0.1, -0.05) is 0 Å². The maximum absolute atomic E-state index is 10.9. The second kappa shape index (κ2) is 5.64. The number of carbonyl (C=O) groups is 1. The molecule has 1 rings (SSSR count). The SMILES string of the molecule is COC(C)(C)CCC1CCCC(C(=O)O)N1. The smallest absolute Gasteiger partial charge is 0.320 e.